The maximum absolute atomic E-state index is 13.3. The number of ether oxygens (including phenoxy) is 3. The molecule has 20 heteroatoms. The van der Waals surface area contributed by atoms with Gasteiger partial charge in [0, 0.05) is 68.5 Å². The van der Waals surface area contributed by atoms with Crippen LogP contribution in [0.3, 0.4) is 0 Å². The lowest BCUT2D eigenvalue weighted by Gasteiger charge is -2.35. The van der Waals surface area contributed by atoms with Crippen LogP contribution < -0.4 is 26.2 Å². The fraction of sp³-hybridized carbons (Fsp3) is 0.723. The van der Waals surface area contributed by atoms with Crippen LogP contribution in [0.4, 0.5) is 42.6 Å². The second kappa shape index (κ2) is 24.9. The lowest BCUT2D eigenvalue weighted by atomic mass is 9.84. The number of nitrogens with two attached hydrogens (primary N) is 1. The van der Waals surface area contributed by atoms with Gasteiger partial charge in [0.15, 0.2) is 0 Å². The molecule has 4 N–H and O–H groups in total. The first-order chi connectivity index (χ1) is 30.9. The van der Waals surface area contributed by atoms with Gasteiger partial charge in [-0.15, -0.1) is 4.90 Å². The van der Waals surface area contributed by atoms with Gasteiger partial charge in [-0.1, -0.05) is 39.5 Å². The number of carbonyl (C=O) groups excluding carboxylic acids is 5. The molecule has 0 atom stereocenters. The minimum atomic E-state index is -0.973. The fourth-order valence-corrected chi connectivity index (χ4v) is 7.32. The van der Waals surface area contributed by atoms with E-state index < -0.39 is 35.1 Å². The molecule has 0 aromatic carbocycles. The number of anilines is 4. The highest BCUT2D eigenvalue weighted by Crippen LogP contribution is 2.33. The Balaban J connectivity index is 0.000000331. The normalized spacial score (nSPS) is 15.7. The van der Waals surface area contributed by atoms with Gasteiger partial charge in [0.25, 0.3) is 0 Å². The standard InChI is InChI=1S/C26H43N5O6.C16H25N5O.C5H7ClO.FH/c1-11-12-15-30(21(32)35-24(2,3)4)19-17-16-27-14-13-18(17)28-20(29-19)31(22(33)36-25(5,6)7)23(34)37-26(8,9)10;1-2-3-8-18-14-12-10-21(15(22)11-5-4-6-11)9-7-13(12)19-16(17)20-14;6-5(7)4-2-1-3-4;/h27H,11-16H2,1-10H3;11H,2-10H2,1H3,(H3,17,18,19,20);4H,1-3H2;1H. The Bertz CT molecular complexity index is 1990. The maximum Gasteiger partial charge on any atom is 0.427 e. The van der Waals surface area contributed by atoms with E-state index in [1.165, 1.54) is 17.7 Å². The zero-order valence-corrected chi connectivity index (χ0v) is 42.4. The van der Waals surface area contributed by atoms with E-state index in [4.69, 9.17) is 31.5 Å². The summed E-state index contributed by atoms with van der Waals surface area (Å²) in [5, 5.41) is 6.50. The van der Waals surface area contributed by atoms with Crippen LogP contribution in [0.2, 0.25) is 0 Å². The lowest BCUT2D eigenvalue weighted by Crippen LogP contribution is -2.45. The Morgan fingerprint density at radius 2 is 1.31 bits per heavy atom. The first kappa shape index (κ1) is 56.4. The molecule has 18 nitrogen and oxygen atoms in total. The molecule has 2 aromatic rings. The number of hydrogen-bond acceptors (Lipinski definition) is 15. The van der Waals surface area contributed by atoms with Crippen LogP contribution in [0.5, 0.6) is 0 Å². The van der Waals surface area contributed by atoms with E-state index in [0.29, 0.717) is 67.0 Å². The van der Waals surface area contributed by atoms with Crippen molar-refractivity contribution in [1.29, 1.82) is 0 Å². The topological polar surface area (TPSA) is 224 Å². The van der Waals surface area contributed by atoms with E-state index in [-0.39, 0.29) is 33.5 Å². The van der Waals surface area contributed by atoms with Crippen molar-refractivity contribution in [3.63, 3.8) is 0 Å². The number of amides is 4. The molecule has 0 bridgehead atoms. The summed E-state index contributed by atoms with van der Waals surface area (Å²) >= 11 is 5.14. The van der Waals surface area contributed by atoms with Crippen LogP contribution in [0.15, 0.2) is 0 Å². The SMILES string of the molecule is CCCCN(C(=O)OC(C)(C)C)c1nc(N(C(=O)OC(C)(C)C)C(=O)OC(C)(C)C)nc2c1CNCC2.CCCCNc1nc(N)nc2c1CN(C(=O)C1CCC1)CC2.F.O=C(Cl)C1CCC1. The van der Waals surface area contributed by atoms with E-state index in [2.05, 4.69) is 37.5 Å². The average Bonchev–Trinajstić information content (AvgIpc) is 3.15. The number of rotatable bonds is 11. The zero-order valence-electron chi connectivity index (χ0n) is 41.6. The summed E-state index contributed by atoms with van der Waals surface area (Å²) < 4.78 is 16.7. The number of halogens is 2. The van der Waals surface area contributed by atoms with Crippen molar-refractivity contribution in [2.75, 3.05) is 47.0 Å². The molecule has 4 amide bonds. The van der Waals surface area contributed by atoms with Gasteiger partial charge in [0.2, 0.25) is 23.0 Å². The highest BCUT2D eigenvalue weighted by molar-refractivity contribution is 6.64. The number of unbranched alkanes of at least 4 members (excludes halogenated alkanes) is 2. The minimum Gasteiger partial charge on any atom is -0.443 e. The highest BCUT2D eigenvalue weighted by atomic mass is 35.5. The third-order valence-corrected chi connectivity index (χ3v) is 11.3. The number of aromatic nitrogens is 4. The molecule has 2 aliphatic heterocycles. The number of nitrogen functional groups attached to an aromatic ring is 1. The third kappa shape index (κ3) is 17.3. The highest BCUT2D eigenvalue weighted by Gasteiger charge is 2.38. The number of imide groups is 1. The molecule has 0 saturated heterocycles. The molecular weight excluding hydrogens is 887 g/mol. The number of nitrogens with one attached hydrogen (secondary N) is 2. The molecule has 2 aromatic heterocycles. The number of hydrogen-bond donors (Lipinski definition) is 3. The summed E-state index contributed by atoms with van der Waals surface area (Å²) in [6.07, 6.45) is 9.00. The smallest absolute Gasteiger partial charge is 0.427 e. The molecule has 376 valence electrons. The van der Waals surface area contributed by atoms with Gasteiger partial charge in [-0.2, -0.15) is 9.97 Å². The van der Waals surface area contributed by atoms with Crippen molar-refractivity contribution < 1.29 is 42.9 Å². The van der Waals surface area contributed by atoms with Crippen molar-refractivity contribution >= 4 is 64.6 Å². The quantitative estimate of drug-likeness (QED) is 0.109. The van der Waals surface area contributed by atoms with Crippen LogP contribution in [0.1, 0.15) is 163 Å². The molecule has 0 radical (unpaired) electrons. The fourth-order valence-electron chi connectivity index (χ4n) is 7.11. The molecule has 0 unspecified atom stereocenters. The Labute approximate surface area is 400 Å². The van der Waals surface area contributed by atoms with Gasteiger partial charge in [-0.25, -0.2) is 24.4 Å². The Hall–Kier alpha value is -4.91. The minimum absolute atomic E-state index is 0. The van der Waals surface area contributed by atoms with Gasteiger partial charge < -0.3 is 35.5 Å². The molecule has 0 spiro atoms. The molecule has 2 saturated carbocycles. The van der Waals surface area contributed by atoms with Crippen LogP contribution in [0, 0.1) is 11.8 Å². The first-order valence-electron chi connectivity index (χ1n) is 23.7. The van der Waals surface area contributed by atoms with Crippen LogP contribution in [-0.4, -0.2) is 97.2 Å². The number of fused-ring (bicyclic) bond motifs is 2. The maximum atomic E-state index is 13.3. The molecule has 2 fully saturated rings. The summed E-state index contributed by atoms with van der Waals surface area (Å²) in [7, 11) is 0. The Kier molecular flexibility index (Phi) is 21.0. The van der Waals surface area contributed by atoms with Crippen LogP contribution in [0.25, 0.3) is 0 Å². The van der Waals surface area contributed by atoms with E-state index in [9.17, 15) is 24.0 Å². The predicted octanol–water partition coefficient (Wildman–Crippen LogP) is 9.00. The van der Waals surface area contributed by atoms with Gasteiger partial charge in [-0.3, -0.25) is 19.2 Å². The molecule has 6 rings (SSSR count). The van der Waals surface area contributed by atoms with Gasteiger partial charge in [-0.05, 0) is 112 Å². The van der Waals surface area contributed by atoms with E-state index in [1.54, 1.807) is 62.3 Å². The molecule has 2 aliphatic carbocycles. The molecule has 4 aliphatic rings. The summed E-state index contributed by atoms with van der Waals surface area (Å²) in [5.74, 6) is 1.94. The van der Waals surface area contributed by atoms with Crippen molar-refractivity contribution in [2.45, 2.75) is 183 Å². The Morgan fingerprint density at radius 1 is 0.761 bits per heavy atom. The summed E-state index contributed by atoms with van der Waals surface area (Å²) in [4.78, 5) is 84.4. The van der Waals surface area contributed by atoms with Crippen LogP contribution >= 0.6 is 11.6 Å². The third-order valence-electron chi connectivity index (χ3n) is 10.9. The molecular formula is C47H76ClFN10O8. The number of nitrogens with zero attached hydrogens (tertiary/aromatic N) is 7. The van der Waals surface area contributed by atoms with Crippen molar-refractivity contribution in [3.05, 3.63) is 22.5 Å². The van der Waals surface area contributed by atoms with E-state index in [0.717, 1.165) is 81.5 Å². The monoisotopic (exact) mass is 963 g/mol. The van der Waals surface area contributed by atoms with Gasteiger partial charge in [0.1, 0.15) is 28.4 Å². The van der Waals surface area contributed by atoms with E-state index >= 15 is 0 Å². The average molecular weight is 964 g/mol. The summed E-state index contributed by atoms with van der Waals surface area (Å²) in [6.45, 7) is 23.3. The van der Waals surface area contributed by atoms with Crippen molar-refractivity contribution in [1.82, 2.24) is 30.2 Å². The first-order valence-corrected chi connectivity index (χ1v) is 24.0. The van der Waals surface area contributed by atoms with Crippen molar-refractivity contribution in [3.8, 4) is 0 Å². The molecule has 67 heavy (non-hydrogen) atoms. The molecule has 4 heterocycles. The largest absolute Gasteiger partial charge is 0.443 e. The zero-order chi connectivity index (χ0) is 49.0. The summed E-state index contributed by atoms with van der Waals surface area (Å²) in [6, 6.07) is 0. The van der Waals surface area contributed by atoms with Gasteiger partial charge >= 0.3 is 18.3 Å². The van der Waals surface area contributed by atoms with Crippen molar-refractivity contribution in [2.24, 2.45) is 11.8 Å². The van der Waals surface area contributed by atoms with Crippen LogP contribution in [-0.2, 0) is 49.7 Å². The van der Waals surface area contributed by atoms with E-state index in [1.807, 2.05) is 11.8 Å². The lowest BCUT2D eigenvalue weighted by molar-refractivity contribution is -0.139. The Morgan fingerprint density at radius 3 is 1.81 bits per heavy atom. The van der Waals surface area contributed by atoms with Gasteiger partial charge in [0.05, 0.1) is 17.9 Å². The second-order valence-electron chi connectivity index (χ2n) is 20.2. The predicted molar refractivity (Wildman–Crippen MR) is 258 cm³/mol. The second-order valence-corrected chi connectivity index (χ2v) is 20.6. The summed E-state index contributed by atoms with van der Waals surface area (Å²) in [5.41, 5.74) is 6.69. The number of carbonyl (C=O) groups is 5.